The summed E-state index contributed by atoms with van der Waals surface area (Å²) in [5.74, 6) is 0.817. The van der Waals surface area contributed by atoms with Gasteiger partial charge in [0.2, 0.25) is 0 Å². The van der Waals surface area contributed by atoms with Crippen LogP contribution in [0.15, 0.2) is 65.7 Å². The second kappa shape index (κ2) is 11.4. The first-order chi connectivity index (χ1) is 18.3. The van der Waals surface area contributed by atoms with E-state index in [0.717, 1.165) is 81.8 Å². The van der Waals surface area contributed by atoms with Crippen LogP contribution in [0.3, 0.4) is 0 Å². The predicted molar refractivity (Wildman–Crippen MR) is 149 cm³/mol. The molecule has 3 heterocycles. The fraction of sp³-hybridized carbons (Fsp3) is 0.467. The Morgan fingerprint density at radius 1 is 0.947 bits per heavy atom. The zero-order chi connectivity index (χ0) is 26.7. The molecule has 0 radical (unpaired) electrons. The molecule has 2 saturated heterocycles. The number of hydrogen-bond acceptors (Lipinski definition) is 5. The quantitative estimate of drug-likeness (QED) is 0.419. The van der Waals surface area contributed by atoms with E-state index in [0.29, 0.717) is 16.7 Å². The number of amides is 1. The zero-order valence-electron chi connectivity index (χ0n) is 22.4. The molecule has 0 aliphatic carbocycles. The van der Waals surface area contributed by atoms with Crippen molar-refractivity contribution in [3.05, 3.63) is 83.2 Å². The van der Waals surface area contributed by atoms with Crippen molar-refractivity contribution in [1.82, 2.24) is 19.6 Å². The van der Waals surface area contributed by atoms with E-state index in [4.69, 9.17) is 0 Å². The molecule has 8 heteroatoms. The van der Waals surface area contributed by atoms with E-state index >= 15 is 0 Å². The van der Waals surface area contributed by atoms with Gasteiger partial charge in [-0.05, 0) is 62.0 Å². The third-order valence-corrected chi connectivity index (χ3v) is 9.15. The van der Waals surface area contributed by atoms with Crippen LogP contribution in [-0.4, -0.2) is 66.3 Å². The van der Waals surface area contributed by atoms with Gasteiger partial charge in [-0.2, -0.15) is 5.10 Å². The lowest BCUT2D eigenvalue weighted by Gasteiger charge is -2.33. The minimum absolute atomic E-state index is 0.120. The van der Waals surface area contributed by atoms with Crippen LogP contribution in [0.25, 0.3) is 0 Å². The summed E-state index contributed by atoms with van der Waals surface area (Å²) < 4.78 is 25.6. The van der Waals surface area contributed by atoms with Crippen molar-refractivity contribution in [1.29, 1.82) is 0 Å². The number of carbonyl (C=O) groups excluding carboxylic acids is 1. The normalized spacial score (nSPS) is 19.2. The van der Waals surface area contributed by atoms with Crippen molar-refractivity contribution < 1.29 is 13.2 Å². The summed E-state index contributed by atoms with van der Waals surface area (Å²) in [6.45, 7) is 7.18. The maximum Gasteiger partial charge on any atom is 0.257 e. The Hall–Kier alpha value is -2.97. The van der Waals surface area contributed by atoms with Crippen LogP contribution in [0.5, 0.6) is 0 Å². The van der Waals surface area contributed by atoms with Gasteiger partial charge < -0.3 is 4.90 Å². The van der Waals surface area contributed by atoms with E-state index < -0.39 is 9.84 Å². The Balaban J connectivity index is 1.25. The highest BCUT2D eigenvalue weighted by Crippen LogP contribution is 2.34. The molecule has 202 valence electrons. The van der Waals surface area contributed by atoms with Gasteiger partial charge in [0.1, 0.15) is 0 Å². The second-order valence-corrected chi connectivity index (χ2v) is 12.8. The van der Waals surface area contributed by atoms with Gasteiger partial charge in [-0.3, -0.25) is 14.4 Å². The van der Waals surface area contributed by atoms with Crippen LogP contribution in [-0.2, 0) is 22.9 Å². The number of piperidine rings is 1. The zero-order valence-corrected chi connectivity index (χ0v) is 23.2. The van der Waals surface area contributed by atoms with Crippen molar-refractivity contribution >= 4 is 15.7 Å². The summed E-state index contributed by atoms with van der Waals surface area (Å²) in [5.41, 5.74) is 4.31. The highest BCUT2D eigenvalue weighted by Gasteiger charge is 2.33. The van der Waals surface area contributed by atoms with Crippen molar-refractivity contribution in [3.8, 4) is 0 Å². The Morgan fingerprint density at radius 3 is 2.29 bits per heavy atom. The number of aryl methyl sites for hydroxylation is 1. The molecule has 2 aromatic carbocycles. The van der Waals surface area contributed by atoms with Gasteiger partial charge in [0.25, 0.3) is 5.91 Å². The van der Waals surface area contributed by atoms with Crippen LogP contribution in [0.4, 0.5) is 0 Å². The first-order valence-corrected chi connectivity index (χ1v) is 15.6. The summed E-state index contributed by atoms with van der Waals surface area (Å²) in [5, 5.41) is 4.67. The molecule has 0 N–H and O–H groups in total. The SMILES string of the molecule is CCCn1ncc(C(=O)N2CC[C@H](c3ccccc3)C2)c1C1CCN(Cc2ccc(S(C)(=O)=O)cc2)CC1. The molecule has 2 aliphatic rings. The third-order valence-electron chi connectivity index (χ3n) is 8.02. The highest BCUT2D eigenvalue weighted by atomic mass is 32.2. The van der Waals surface area contributed by atoms with Crippen LogP contribution in [0.2, 0.25) is 0 Å². The lowest BCUT2D eigenvalue weighted by atomic mass is 9.90. The van der Waals surface area contributed by atoms with E-state index in [-0.39, 0.29) is 5.91 Å². The molecule has 7 nitrogen and oxygen atoms in total. The summed E-state index contributed by atoms with van der Waals surface area (Å²) >= 11 is 0. The fourth-order valence-corrected chi connectivity index (χ4v) is 6.59. The maximum absolute atomic E-state index is 13.7. The molecule has 0 saturated carbocycles. The topological polar surface area (TPSA) is 75.5 Å². The van der Waals surface area contributed by atoms with Crippen molar-refractivity contribution in [2.24, 2.45) is 0 Å². The van der Waals surface area contributed by atoms with E-state index in [1.165, 1.54) is 11.8 Å². The number of benzene rings is 2. The predicted octanol–water partition coefficient (Wildman–Crippen LogP) is 4.71. The number of likely N-dealkylation sites (tertiary alicyclic amines) is 2. The molecule has 5 rings (SSSR count). The highest BCUT2D eigenvalue weighted by molar-refractivity contribution is 7.90. The molecule has 1 aromatic heterocycles. The summed E-state index contributed by atoms with van der Waals surface area (Å²) in [6.07, 6.45) is 6.97. The second-order valence-electron chi connectivity index (χ2n) is 10.8. The number of nitrogens with zero attached hydrogens (tertiary/aromatic N) is 4. The van der Waals surface area contributed by atoms with Crippen molar-refractivity contribution in [2.75, 3.05) is 32.4 Å². The average molecular weight is 535 g/mol. The molecule has 3 aromatic rings. The van der Waals surface area contributed by atoms with Gasteiger partial charge >= 0.3 is 0 Å². The fourth-order valence-electron chi connectivity index (χ4n) is 5.96. The number of hydrogen-bond donors (Lipinski definition) is 0. The summed E-state index contributed by atoms with van der Waals surface area (Å²) in [7, 11) is -3.18. The van der Waals surface area contributed by atoms with Crippen molar-refractivity contribution in [3.63, 3.8) is 0 Å². The minimum atomic E-state index is -3.18. The third kappa shape index (κ3) is 5.86. The molecule has 1 atom stereocenters. The Kier molecular flexibility index (Phi) is 8.00. The Bertz CT molecular complexity index is 1340. The maximum atomic E-state index is 13.7. The van der Waals surface area contributed by atoms with Gasteiger partial charge in [-0.1, -0.05) is 49.4 Å². The van der Waals surface area contributed by atoms with Gasteiger partial charge in [-0.15, -0.1) is 0 Å². The largest absolute Gasteiger partial charge is 0.338 e. The average Bonchev–Trinajstić information content (AvgIpc) is 3.58. The number of rotatable bonds is 8. The molecule has 2 aliphatic heterocycles. The Labute approximate surface area is 226 Å². The van der Waals surface area contributed by atoms with Crippen LogP contribution >= 0.6 is 0 Å². The van der Waals surface area contributed by atoms with Crippen LogP contribution in [0, 0.1) is 0 Å². The van der Waals surface area contributed by atoms with E-state index in [2.05, 4.69) is 45.9 Å². The molecule has 0 spiro atoms. The monoisotopic (exact) mass is 534 g/mol. The van der Waals surface area contributed by atoms with E-state index in [1.54, 1.807) is 18.3 Å². The lowest BCUT2D eigenvalue weighted by Crippen LogP contribution is -2.34. The van der Waals surface area contributed by atoms with E-state index in [9.17, 15) is 13.2 Å². The smallest absolute Gasteiger partial charge is 0.257 e. The first kappa shape index (κ1) is 26.6. The first-order valence-electron chi connectivity index (χ1n) is 13.7. The Morgan fingerprint density at radius 2 is 1.63 bits per heavy atom. The lowest BCUT2D eigenvalue weighted by molar-refractivity contribution is 0.0788. The van der Waals surface area contributed by atoms with Gasteiger partial charge in [0.05, 0.1) is 22.3 Å². The van der Waals surface area contributed by atoms with Gasteiger partial charge in [0.15, 0.2) is 9.84 Å². The molecule has 1 amide bonds. The van der Waals surface area contributed by atoms with Gasteiger partial charge in [-0.25, -0.2) is 8.42 Å². The minimum Gasteiger partial charge on any atom is -0.338 e. The summed E-state index contributed by atoms with van der Waals surface area (Å²) in [6, 6.07) is 17.7. The summed E-state index contributed by atoms with van der Waals surface area (Å²) in [4.78, 5) is 18.5. The van der Waals surface area contributed by atoms with Crippen LogP contribution in [0.1, 0.15) is 71.6 Å². The van der Waals surface area contributed by atoms with Crippen molar-refractivity contribution in [2.45, 2.75) is 62.4 Å². The number of sulfone groups is 1. The molecule has 0 unspecified atom stereocenters. The molecule has 38 heavy (non-hydrogen) atoms. The molecular formula is C30H38N4O3S. The van der Waals surface area contributed by atoms with E-state index in [1.807, 2.05) is 23.1 Å². The molecular weight excluding hydrogens is 496 g/mol. The number of aromatic nitrogens is 2. The molecule has 0 bridgehead atoms. The number of carbonyl (C=O) groups is 1. The molecule has 2 fully saturated rings. The standard InChI is InChI=1S/C30H38N4O3S/c1-3-16-34-29(25-13-17-32(18-14-25)21-23-9-11-27(12-10-23)38(2,36)37)28(20-31-34)30(35)33-19-15-26(22-33)24-7-5-4-6-8-24/h4-12,20,25-26H,3,13-19,21-22H2,1-2H3/t26-/m0/s1. The van der Waals surface area contributed by atoms with Gasteiger partial charge in [0, 0.05) is 44.3 Å². The van der Waals surface area contributed by atoms with Crippen LogP contribution < -0.4 is 0 Å².